The molecule has 2 heterocycles. The smallest absolute Gasteiger partial charge is 0.383 e. The van der Waals surface area contributed by atoms with E-state index < -0.39 is 59.6 Å². The molecule has 182 valence electrons. The summed E-state index contributed by atoms with van der Waals surface area (Å²) >= 11 is 0. The monoisotopic (exact) mass is 529 g/mol. The maximum absolute atomic E-state index is 14.7. The number of nitrogens with two attached hydrogens (primary N) is 1. The summed E-state index contributed by atoms with van der Waals surface area (Å²) in [7, 11) is -17.3. The molecular weight excluding hydrogens is 513 g/mol. The number of aliphatic hydroxyl groups is 1. The van der Waals surface area contributed by atoms with Gasteiger partial charge < -0.3 is 35.2 Å². The molecule has 0 bridgehead atoms. The molecule has 7 N–H and O–H groups in total. The van der Waals surface area contributed by atoms with Crippen molar-refractivity contribution in [3.8, 4) is 0 Å². The Labute approximate surface area is 176 Å². The molecule has 0 amide bonds. The summed E-state index contributed by atoms with van der Waals surface area (Å²) in [5.74, 6) is -4.55. The summed E-state index contributed by atoms with van der Waals surface area (Å²) in [5.41, 5.74) is 1.28. The molecule has 1 saturated heterocycles. The van der Waals surface area contributed by atoms with Crippen molar-refractivity contribution in [2.24, 2.45) is 0 Å². The van der Waals surface area contributed by atoms with Crippen LogP contribution in [0, 0.1) is 0 Å². The molecule has 21 heteroatoms. The number of phosphoric acid groups is 3. The zero-order chi connectivity index (χ0) is 24.8. The molecule has 0 aromatic carbocycles. The largest absolute Gasteiger partial charge is 0.490 e. The molecule has 0 radical (unpaired) electrons. The van der Waals surface area contributed by atoms with Crippen LogP contribution < -0.4 is 11.4 Å². The Morgan fingerprint density at radius 1 is 1.25 bits per heavy atom. The van der Waals surface area contributed by atoms with E-state index in [1.807, 2.05) is 0 Å². The number of aliphatic hydroxyl groups excluding tert-OH is 1. The summed E-state index contributed by atoms with van der Waals surface area (Å²) in [6.45, 7) is 1.67. The summed E-state index contributed by atoms with van der Waals surface area (Å²) < 4.78 is 79.6. The second-order valence-electron chi connectivity index (χ2n) is 6.11. The van der Waals surface area contributed by atoms with Gasteiger partial charge in [0.25, 0.3) is 0 Å². The minimum absolute atomic E-state index is 0.260. The summed E-state index contributed by atoms with van der Waals surface area (Å²) in [6, 6.07) is 0.965. The number of alkyl halides is 2. The van der Waals surface area contributed by atoms with Crippen molar-refractivity contribution in [2.75, 3.05) is 12.3 Å². The van der Waals surface area contributed by atoms with Gasteiger partial charge in [0.2, 0.25) is 6.23 Å². The lowest BCUT2D eigenvalue weighted by Gasteiger charge is -2.28. The van der Waals surface area contributed by atoms with Crippen LogP contribution >= 0.6 is 23.5 Å². The number of ether oxygens (including phenoxy) is 1. The third-order valence-electron chi connectivity index (χ3n) is 3.81. The standard InChI is InChI=1S/C11H16F2N3O13P3/c1-2-10(5-26-31(22,23)29-32(24,25)28-30(19,20)21)7(17)11(12,13)8(27-10)16-4-3-6(14)15-9(16)18/h2-4,7-8,17H,1,5H2,(H,22,23)(H,24,25)(H2,14,15,18)(H2,19,20,21)/t7-,8?,10-/m1/s1. The molecule has 1 aliphatic heterocycles. The predicted octanol–water partition coefficient (Wildman–Crippen LogP) is -0.381. The van der Waals surface area contributed by atoms with Gasteiger partial charge in [-0.15, -0.1) is 6.58 Å². The fourth-order valence-electron chi connectivity index (χ4n) is 2.48. The zero-order valence-corrected chi connectivity index (χ0v) is 18.1. The molecule has 3 unspecified atom stereocenters. The zero-order valence-electron chi connectivity index (χ0n) is 15.4. The minimum Gasteiger partial charge on any atom is -0.383 e. The Kier molecular flexibility index (Phi) is 7.35. The number of aromatic nitrogens is 2. The van der Waals surface area contributed by atoms with E-state index in [-0.39, 0.29) is 10.4 Å². The highest BCUT2D eigenvalue weighted by molar-refractivity contribution is 7.66. The maximum atomic E-state index is 14.7. The summed E-state index contributed by atoms with van der Waals surface area (Å²) in [6.07, 6.45) is -4.07. The van der Waals surface area contributed by atoms with Gasteiger partial charge in [-0.3, -0.25) is 9.09 Å². The van der Waals surface area contributed by atoms with Crippen LogP contribution in [0.25, 0.3) is 0 Å². The average molecular weight is 529 g/mol. The van der Waals surface area contributed by atoms with Crippen LogP contribution in [-0.2, 0) is 31.6 Å². The Balaban J connectivity index is 2.28. The maximum Gasteiger partial charge on any atom is 0.490 e. The van der Waals surface area contributed by atoms with E-state index in [0.29, 0.717) is 6.08 Å². The Morgan fingerprint density at radius 3 is 2.34 bits per heavy atom. The average Bonchev–Trinajstić information content (AvgIpc) is 2.78. The summed E-state index contributed by atoms with van der Waals surface area (Å²) in [5, 5.41) is 10.1. The van der Waals surface area contributed by atoms with Crippen molar-refractivity contribution >= 4 is 29.3 Å². The molecule has 5 atom stereocenters. The van der Waals surface area contributed by atoms with Crippen molar-refractivity contribution in [3.63, 3.8) is 0 Å². The molecule has 2 rings (SSSR count). The van der Waals surface area contributed by atoms with Gasteiger partial charge in [-0.25, -0.2) is 18.5 Å². The highest BCUT2D eigenvalue weighted by Crippen LogP contribution is 2.66. The molecule has 0 aliphatic carbocycles. The first-order valence-corrected chi connectivity index (χ1v) is 12.4. The van der Waals surface area contributed by atoms with Gasteiger partial charge >= 0.3 is 35.1 Å². The molecule has 32 heavy (non-hydrogen) atoms. The predicted molar refractivity (Wildman–Crippen MR) is 96.7 cm³/mol. The Morgan fingerprint density at radius 2 is 1.84 bits per heavy atom. The van der Waals surface area contributed by atoms with Crippen molar-refractivity contribution in [2.45, 2.75) is 23.9 Å². The van der Waals surface area contributed by atoms with Crippen LogP contribution in [0.1, 0.15) is 6.23 Å². The second-order valence-corrected chi connectivity index (χ2v) is 10.5. The molecule has 1 aromatic heterocycles. The number of nitrogens with zero attached hydrogens (tertiary/aromatic N) is 2. The quantitative estimate of drug-likeness (QED) is 0.176. The van der Waals surface area contributed by atoms with E-state index in [1.165, 1.54) is 0 Å². The molecule has 0 spiro atoms. The van der Waals surface area contributed by atoms with Crippen molar-refractivity contribution in [1.29, 1.82) is 0 Å². The van der Waals surface area contributed by atoms with Gasteiger partial charge in [0.05, 0.1) is 6.61 Å². The van der Waals surface area contributed by atoms with Gasteiger partial charge in [0.1, 0.15) is 11.4 Å². The molecule has 1 aliphatic rings. The van der Waals surface area contributed by atoms with Crippen molar-refractivity contribution in [1.82, 2.24) is 9.55 Å². The Bertz CT molecular complexity index is 1090. The Hall–Kier alpha value is -1.39. The fourth-order valence-corrected chi connectivity index (χ4v) is 5.54. The van der Waals surface area contributed by atoms with Crippen LogP contribution in [0.15, 0.2) is 29.7 Å². The first-order chi connectivity index (χ1) is 14.3. The second kappa shape index (κ2) is 8.76. The van der Waals surface area contributed by atoms with Crippen LogP contribution in [0.5, 0.6) is 0 Å². The van der Waals surface area contributed by atoms with E-state index >= 15 is 0 Å². The fraction of sp³-hybridized carbons (Fsp3) is 0.455. The van der Waals surface area contributed by atoms with E-state index in [0.717, 1.165) is 12.3 Å². The molecule has 1 fully saturated rings. The van der Waals surface area contributed by atoms with Crippen LogP contribution in [0.3, 0.4) is 0 Å². The number of hydrogen-bond donors (Lipinski definition) is 6. The van der Waals surface area contributed by atoms with E-state index in [1.54, 1.807) is 0 Å². The first-order valence-electron chi connectivity index (χ1n) is 7.84. The summed E-state index contributed by atoms with van der Waals surface area (Å²) in [4.78, 5) is 50.7. The van der Waals surface area contributed by atoms with Gasteiger partial charge in [0.15, 0.2) is 6.10 Å². The lowest BCUT2D eigenvalue weighted by Crippen LogP contribution is -2.48. The number of hydrogen-bond acceptors (Lipinski definition) is 11. The van der Waals surface area contributed by atoms with Crippen molar-refractivity contribution in [3.05, 3.63) is 35.4 Å². The highest BCUT2D eigenvalue weighted by atomic mass is 31.3. The number of rotatable bonds is 9. The lowest BCUT2D eigenvalue weighted by atomic mass is 9.95. The molecule has 1 aromatic rings. The van der Waals surface area contributed by atoms with E-state index in [9.17, 15) is 37.3 Å². The van der Waals surface area contributed by atoms with Gasteiger partial charge in [0, 0.05) is 6.20 Å². The van der Waals surface area contributed by atoms with Crippen LogP contribution in [-0.4, -0.2) is 58.5 Å². The normalized spacial score (nSPS) is 29.2. The molecule has 0 saturated carbocycles. The topological polar surface area (TPSA) is 250 Å². The van der Waals surface area contributed by atoms with Crippen molar-refractivity contribution < 1.29 is 65.0 Å². The third kappa shape index (κ3) is 5.94. The van der Waals surface area contributed by atoms with E-state index in [4.69, 9.17) is 25.2 Å². The minimum atomic E-state index is -5.88. The number of anilines is 1. The van der Waals surface area contributed by atoms with Crippen LogP contribution in [0.2, 0.25) is 0 Å². The number of halogens is 2. The third-order valence-corrected chi connectivity index (χ3v) is 7.59. The van der Waals surface area contributed by atoms with Gasteiger partial charge in [-0.2, -0.15) is 22.4 Å². The number of phosphoric ester groups is 1. The highest BCUT2D eigenvalue weighted by Gasteiger charge is 2.66. The van der Waals surface area contributed by atoms with Crippen LogP contribution in [0.4, 0.5) is 14.6 Å². The first kappa shape index (κ1) is 26.9. The van der Waals surface area contributed by atoms with Gasteiger partial charge in [-0.05, 0) is 6.07 Å². The SMILES string of the molecule is C=C[C@]1(COP(=O)(O)OP(=O)(O)OP(=O)(O)O)OC(n2ccc(N)nc2=O)C(F)(F)[C@@H]1O. The molecular formula is C11H16F2N3O13P3. The van der Waals surface area contributed by atoms with E-state index in [2.05, 4.69) is 24.7 Å². The number of nitrogen functional groups attached to an aromatic ring is 1. The van der Waals surface area contributed by atoms with Gasteiger partial charge in [-0.1, -0.05) is 6.08 Å². The lowest BCUT2D eigenvalue weighted by molar-refractivity contribution is -0.142. The molecule has 16 nitrogen and oxygen atoms in total.